The van der Waals surface area contributed by atoms with Gasteiger partial charge in [-0.2, -0.15) is 0 Å². The van der Waals surface area contributed by atoms with Crippen molar-refractivity contribution >= 4 is 17.8 Å². The lowest BCUT2D eigenvalue weighted by Crippen LogP contribution is -2.48. The molecular formula is C21H30FN5O2. The van der Waals surface area contributed by atoms with E-state index in [-0.39, 0.29) is 17.2 Å². The van der Waals surface area contributed by atoms with E-state index in [1.165, 1.54) is 17.3 Å². The number of hydrogen-bond acceptors (Lipinski definition) is 6. The van der Waals surface area contributed by atoms with Gasteiger partial charge < -0.3 is 4.90 Å². The number of carbonyl (C=O) groups excluding carboxylic acids is 2. The minimum absolute atomic E-state index is 0.0153. The SMILES string of the molecule is O=C1CC2(CCCC2)CC(=O)N1CCCCN1CCN(c2ncc(F)cn2)CC1. The first-order valence-corrected chi connectivity index (χ1v) is 10.8. The Kier molecular flexibility index (Phi) is 6.08. The second-order valence-electron chi connectivity index (χ2n) is 8.74. The molecule has 0 unspecified atom stereocenters. The van der Waals surface area contributed by atoms with Gasteiger partial charge in [0.1, 0.15) is 0 Å². The maximum absolute atomic E-state index is 13.0. The molecule has 0 bridgehead atoms. The standard InChI is InChI=1S/C21H30FN5O2/c22-17-15-23-20(24-16-17)26-11-9-25(10-12-26)7-3-4-8-27-18(28)13-21(14-19(27)29)5-1-2-6-21/h15-16H,1-14H2. The first-order chi connectivity index (χ1) is 14.0. The number of anilines is 1. The van der Waals surface area contributed by atoms with E-state index in [4.69, 9.17) is 0 Å². The summed E-state index contributed by atoms with van der Waals surface area (Å²) in [5.41, 5.74) is -0.0153. The fourth-order valence-electron chi connectivity index (χ4n) is 5.01. The second-order valence-corrected chi connectivity index (χ2v) is 8.74. The lowest BCUT2D eigenvalue weighted by molar-refractivity contribution is -0.153. The number of unbranched alkanes of at least 4 members (excludes halogenated alkanes) is 1. The van der Waals surface area contributed by atoms with E-state index in [2.05, 4.69) is 19.8 Å². The lowest BCUT2D eigenvalue weighted by Gasteiger charge is -2.37. The van der Waals surface area contributed by atoms with Gasteiger partial charge in [-0.15, -0.1) is 0 Å². The average molecular weight is 404 g/mol. The number of aromatic nitrogens is 2. The van der Waals surface area contributed by atoms with Gasteiger partial charge in [0.15, 0.2) is 5.82 Å². The number of carbonyl (C=O) groups is 2. The Morgan fingerprint density at radius 2 is 1.48 bits per heavy atom. The Hall–Kier alpha value is -2.09. The third-order valence-electron chi connectivity index (χ3n) is 6.69. The van der Waals surface area contributed by atoms with Crippen LogP contribution in [-0.2, 0) is 9.59 Å². The molecule has 0 aromatic carbocycles. The summed E-state index contributed by atoms with van der Waals surface area (Å²) in [6.07, 6.45) is 9.72. The van der Waals surface area contributed by atoms with Crippen molar-refractivity contribution in [3.05, 3.63) is 18.2 Å². The fourth-order valence-corrected chi connectivity index (χ4v) is 5.01. The highest BCUT2D eigenvalue weighted by atomic mass is 19.1. The van der Waals surface area contributed by atoms with Crippen LogP contribution in [0.1, 0.15) is 51.4 Å². The van der Waals surface area contributed by atoms with Crippen molar-refractivity contribution in [3.63, 3.8) is 0 Å². The van der Waals surface area contributed by atoms with Crippen LogP contribution >= 0.6 is 0 Å². The predicted molar refractivity (Wildman–Crippen MR) is 107 cm³/mol. The molecular weight excluding hydrogens is 373 g/mol. The van der Waals surface area contributed by atoms with Crippen molar-refractivity contribution in [2.24, 2.45) is 5.41 Å². The Morgan fingerprint density at radius 3 is 2.10 bits per heavy atom. The molecule has 1 spiro atoms. The zero-order valence-corrected chi connectivity index (χ0v) is 17.0. The molecule has 7 nitrogen and oxygen atoms in total. The van der Waals surface area contributed by atoms with E-state index >= 15 is 0 Å². The maximum Gasteiger partial charge on any atom is 0.229 e. The molecule has 2 saturated heterocycles. The summed E-state index contributed by atoms with van der Waals surface area (Å²) >= 11 is 0. The fraction of sp³-hybridized carbons (Fsp3) is 0.714. The smallest absolute Gasteiger partial charge is 0.229 e. The Balaban J connectivity index is 1.15. The van der Waals surface area contributed by atoms with Crippen LogP contribution in [0.15, 0.2) is 12.4 Å². The van der Waals surface area contributed by atoms with Gasteiger partial charge in [-0.3, -0.25) is 19.4 Å². The molecule has 1 aromatic rings. The third kappa shape index (κ3) is 4.74. The molecule has 0 radical (unpaired) electrons. The first-order valence-electron chi connectivity index (χ1n) is 10.8. The quantitative estimate of drug-likeness (QED) is 0.536. The molecule has 8 heteroatoms. The van der Waals surface area contributed by atoms with E-state index in [1.807, 2.05) is 0 Å². The summed E-state index contributed by atoms with van der Waals surface area (Å²) in [6.45, 7) is 4.96. The molecule has 29 heavy (non-hydrogen) atoms. The van der Waals surface area contributed by atoms with Crippen LogP contribution in [-0.4, -0.2) is 70.9 Å². The first kappa shape index (κ1) is 20.2. The summed E-state index contributed by atoms with van der Waals surface area (Å²) < 4.78 is 13.0. The predicted octanol–water partition coefficient (Wildman–Crippen LogP) is 2.23. The summed E-state index contributed by atoms with van der Waals surface area (Å²) in [5.74, 6) is 0.233. The van der Waals surface area contributed by atoms with E-state index in [1.54, 1.807) is 0 Å². The topological polar surface area (TPSA) is 69.6 Å². The number of piperidine rings is 1. The van der Waals surface area contributed by atoms with Gasteiger partial charge in [-0.25, -0.2) is 14.4 Å². The van der Waals surface area contributed by atoms with Gasteiger partial charge in [0.25, 0.3) is 0 Å². The molecule has 2 amide bonds. The summed E-state index contributed by atoms with van der Waals surface area (Å²) in [7, 11) is 0. The van der Waals surface area contributed by atoms with Gasteiger partial charge in [-0.1, -0.05) is 12.8 Å². The van der Waals surface area contributed by atoms with Crippen LogP contribution in [0, 0.1) is 11.2 Å². The molecule has 0 N–H and O–H groups in total. The number of imide groups is 1. The van der Waals surface area contributed by atoms with Crippen molar-refractivity contribution in [1.82, 2.24) is 19.8 Å². The van der Waals surface area contributed by atoms with Crippen molar-refractivity contribution in [1.29, 1.82) is 0 Å². The van der Waals surface area contributed by atoms with Crippen LogP contribution in [0.3, 0.4) is 0 Å². The number of piperazine rings is 1. The van der Waals surface area contributed by atoms with Crippen LogP contribution in [0.2, 0.25) is 0 Å². The van der Waals surface area contributed by atoms with Crippen molar-refractivity contribution in [2.45, 2.75) is 51.4 Å². The van der Waals surface area contributed by atoms with Gasteiger partial charge in [-0.05, 0) is 37.6 Å². The number of hydrogen-bond donors (Lipinski definition) is 0. The lowest BCUT2D eigenvalue weighted by atomic mass is 9.76. The summed E-state index contributed by atoms with van der Waals surface area (Å²) in [5, 5.41) is 0. The second kappa shape index (κ2) is 8.73. The van der Waals surface area contributed by atoms with Crippen molar-refractivity contribution < 1.29 is 14.0 Å². The molecule has 3 fully saturated rings. The molecule has 3 heterocycles. The highest BCUT2D eigenvalue weighted by molar-refractivity contribution is 5.98. The normalized spacial score (nSPS) is 22.7. The maximum atomic E-state index is 13.0. The Labute approximate surface area is 171 Å². The highest BCUT2D eigenvalue weighted by Gasteiger charge is 2.44. The molecule has 2 aliphatic heterocycles. The number of likely N-dealkylation sites (tertiary alicyclic amines) is 1. The van der Waals surface area contributed by atoms with E-state index < -0.39 is 5.82 Å². The molecule has 1 aromatic heterocycles. The van der Waals surface area contributed by atoms with Crippen molar-refractivity contribution in [3.8, 4) is 0 Å². The monoisotopic (exact) mass is 403 g/mol. The van der Waals surface area contributed by atoms with Crippen LogP contribution < -0.4 is 4.90 Å². The highest BCUT2D eigenvalue weighted by Crippen LogP contribution is 2.46. The van der Waals surface area contributed by atoms with Crippen LogP contribution in [0.4, 0.5) is 10.3 Å². The molecule has 1 saturated carbocycles. The molecule has 4 rings (SSSR count). The van der Waals surface area contributed by atoms with Crippen LogP contribution in [0.5, 0.6) is 0 Å². The van der Waals surface area contributed by atoms with Gasteiger partial charge >= 0.3 is 0 Å². The van der Waals surface area contributed by atoms with Gasteiger partial charge in [0.2, 0.25) is 17.8 Å². The van der Waals surface area contributed by atoms with E-state index in [0.717, 1.165) is 71.2 Å². The van der Waals surface area contributed by atoms with Crippen molar-refractivity contribution in [2.75, 3.05) is 44.2 Å². The van der Waals surface area contributed by atoms with Gasteiger partial charge in [0.05, 0.1) is 12.4 Å². The summed E-state index contributed by atoms with van der Waals surface area (Å²) in [4.78, 5) is 39.1. The Morgan fingerprint density at radius 1 is 0.897 bits per heavy atom. The molecule has 3 aliphatic rings. The number of rotatable bonds is 6. The molecule has 1 aliphatic carbocycles. The third-order valence-corrected chi connectivity index (χ3v) is 6.69. The zero-order valence-electron chi connectivity index (χ0n) is 17.0. The largest absolute Gasteiger partial charge is 0.338 e. The minimum atomic E-state index is -0.420. The minimum Gasteiger partial charge on any atom is -0.338 e. The number of halogens is 1. The Bertz CT molecular complexity index is 707. The number of amides is 2. The zero-order chi connectivity index (χ0) is 20.3. The van der Waals surface area contributed by atoms with Crippen LogP contribution in [0.25, 0.3) is 0 Å². The van der Waals surface area contributed by atoms with E-state index in [9.17, 15) is 14.0 Å². The van der Waals surface area contributed by atoms with E-state index in [0.29, 0.717) is 25.3 Å². The van der Waals surface area contributed by atoms with Gasteiger partial charge in [0, 0.05) is 45.6 Å². The molecule has 0 atom stereocenters. The average Bonchev–Trinajstić information content (AvgIpc) is 3.15. The molecule has 158 valence electrons. The number of nitrogens with zero attached hydrogens (tertiary/aromatic N) is 5. The summed E-state index contributed by atoms with van der Waals surface area (Å²) in [6, 6.07) is 0.